The van der Waals surface area contributed by atoms with Gasteiger partial charge in [0.1, 0.15) is 0 Å². The number of nitrogens with zero attached hydrogens (tertiary/aromatic N) is 4. The van der Waals surface area contributed by atoms with Gasteiger partial charge in [-0.05, 0) is 43.5 Å². The number of nitriles is 1. The normalized spacial score (nSPS) is 17.2. The number of benzene rings is 1. The van der Waals surface area contributed by atoms with E-state index in [-0.39, 0.29) is 18.1 Å². The second-order valence-electron chi connectivity index (χ2n) is 6.16. The van der Waals surface area contributed by atoms with Crippen LogP contribution in [0.25, 0.3) is 0 Å². The highest BCUT2D eigenvalue weighted by Crippen LogP contribution is 2.34. The number of anilines is 1. The standard InChI is InChI=1S/C18H21N5O/c1-4-15(16-8-9-22(3)21-16)20-18(24)23-12(2)10-14-13(11-19)6-5-7-17(14)23/h5-9,12,15H,4,10H2,1-3H3,(H,20,24). The molecule has 1 aliphatic heterocycles. The van der Waals surface area contributed by atoms with Crippen LogP contribution in [0.3, 0.4) is 0 Å². The quantitative estimate of drug-likeness (QED) is 0.944. The van der Waals surface area contributed by atoms with Crippen molar-refractivity contribution < 1.29 is 4.79 Å². The summed E-state index contributed by atoms with van der Waals surface area (Å²) in [5.41, 5.74) is 3.28. The summed E-state index contributed by atoms with van der Waals surface area (Å²) in [6.07, 6.45) is 3.33. The first-order valence-corrected chi connectivity index (χ1v) is 8.16. The molecule has 0 saturated heterocycles. The number of nitrogens with one attached hydrogen (secondary N) is 1. The minimum absolute atomic E-state index is 0.0238. The Morgan fingerprint density at radius 1 is 1.50 bits per heavy atom. The van der Waals surface area contributed by atoms with Crippen molar-refractivity contribution in [1.29, 1.82) is 5.26 Å². The molecule has 1 aromatic heterocycles. The van der Waals surface area contributed by atoms with Crippen LogP contribution in [0.15, 0.2) is 30.5 Å². The Labute approximate surface area is 141 Å². The SMILES string of the molecule is CCC(NC(=O)N1c2cccc(C#N)c2CC1C)c1ccn(C)n1. The van der Waals surface area contributed by atoms with Gasteiger partial charge in [0.2, 0.25) is 0 Å². The van der Waals surface area contributed by atoms with Crippen molar-refractivity contribution in [1.82, 2.24) is 15.1 Å². The predicted molar refractivity (Wildman–Crippen MR) is 91.6 cm³/mol. The van der Waals surface area contributed by atoms with Gasteiger partial charge in [0.05, 0.1) is 29.1 Å². The summed E-state index contributed by atoms with van der Waals surface area (Å²) >= 11 is 0. The maximum absolute atomic E-state index is 12.9. The first kappa shape index (κ1) is 16.1. The zero-order valence-electron chi connectivity index (χ0n) is 14.2. The summed E-state index contributed by atoms with van der Waals surface area (Å²) in [6.45, 7) is 4.03. The van der Waals surface area contributed by atoms with Crippen LogP contribution in [-0.2, 0) is 13.5 Å². The number of rotatable bonds is 3. The number of amides is 2. The van der Waals surface area contributed by atoms with E-state index in [4.69, 9.17) is 0 Å². The number of carbonyl (C=O) groups is 1. The van der Waals surface area contributed by atoms with E-state index < -0.39 is 0 Å². The lowest BCUT2D eigenvalue weighted by molar-refractivity contribution is 0.240. The molecule has 2 atom stereocenters. The Hall–Kier alpha value is -2.81. The van der Waals surface area contributed by atoms with Crippen LogP contribution in [0.4, 0.5) is 10.5 Å². The van der Waals surface area contributed by atoms with Gasteiger partial charge in [-0.15, -0.1) is 0 Å². The molecule has 2 heterocycles. The largest absolute Gasteiger partial charge is 0.329 e. The molecule has 0 spiro atoms. The minimum Gasteiger partial charge on any atom is -0.329 e. The Bertz CT molecular complexity index is 804. The molecular formula is C18H21N5O. The summed E-state index contributed by atoms with van der Waals surface area (Å²) in [6, 6.07) is 9.42. The fourth-order valence-corrected chi connectivity index (χ4v) is 3.28. The number of fused-ring (bicyclic) bond motifs is 1. The van der Waals surface area contributed by atoms with E-state index in [9.17, 15) is 10.1 Å². The third-order valence-electron chi connectivity index (χ3n) is 4.49. The van der Waals surface area contributed by atoms with Gasteiger partial charge in [-0.2, -0.15) is 10.4 Å². The number of urea groups is 1. The van der Waals surface area contributed by atoms with Gasteiger partial charge in [0, 0.05) is 19.3 Å². The Balaban J connectivity index is 1.85. The molecule has 0 bridgehead atoms. The second-order valence-corrected chi connectivity index (χ2v) is 6.16. The summed E-state index contributed by atoms with van der Waals surface area (Å²) < 4.78 is 1.73. The minimum atomic E-state index is -0.145. The molecule has 0 fully saturated rings. The highest BCUT2D eigenvalue weighted by Gasteiger charge is 2.33. The Morgan fingerprint density at radius 2 is 2.29 bits per heavy atom. The van der Waals surface area contributed by atoms with Gasteiger partial charge < -0.3 is 5.32 Å². The number of aryl methyl sites for hydroxylation is 1. The monoisotopic (exact) mass is 323 g/mol. The molecule has 0 saturated carbocycles. The van der Waals surface area contributed by atoms with Crippen LogP contribution in [0, 0.1) is 11.3 Å². The first-order valence-electron chi connectivity index (χ1n) is 8.16. The van der Waals surface area contributed by atoms with Crippen LogP contribution in [0.1, 0.15) is 43.1 Å². The third kappa shape index (κ3) is 2.73. The van der Waals surface area contributed by atoms with Crippen LogP contribution in [-0.4, -0.2) is 21.9 Å². The molecular weight excluding hydrogens is 302 g/mol. The van der Waals surface area contributed by atoms with Gasteiger partial charge in [-0.3, -0.25) is 9.58 Å². The molecule has 1 aromatic carbocycles. The van der Waals surface area contributed by atoms with E-state index in [1.54, 1.807) is 15.6 Å². The summed E-state index contributed by atoms with van der Waals surface area (Å²) in [4.78, 5) is 14.6. The molecule has 1 N–H and O–H groups in total. The van der Waals surface area contributed by atoms with Crippen molar-refractivity contribution in [3.05, 3.63) is 47.3 Å². The molecule has 6 nitrogen and oxygen atoms in total. The van der Waals surface area contributed by atoms with Gasteiger partial charge in [-0.1, -0.05) is 13.0 Å². The van der Waals surface area contributed by atoms with Crippen molar-refractivity contribution in [2.75, 3.05) is 4.90 Å². The van der Waals surface area contributed by atoms with Crippen molar-refractivity contribution in [2.24, 2.45) is 7.05 Å². The van der Waals surface area contributed by atoms with E-state index >= 15 is 0 Å². The van der Waals surface area contributed by atoms with Crippen molar-refractivity contribution >= 4 is 11.7 Å². The first-order chi connectivity index (χ1) is 11.5. The van der Waals surface area contributed by atoms with Crippen molar-refractivity contribution in [2.45, 2.75) is 38.8 Å². The molecule has 2 unspecified atom stereocenters. The third-order valence-corrected chi connectivity index (χ3v) is 4.49. The maximum Gasteiger partial charge on any atom is 0.322 e. The zero-order chi connectivity index (χ0) is 17.3. The highest BCUT2D eigenvalue weighted by atomic mass is 16.2. The van der Waals surface area contributed by atoms with Crippen LogP contribution >= 0.6 is 0 Å². The van der Waals surface area contributed by atoms with Gasteiger partial charge in [0.25, 0.3) is 0 Å². The maximum atomic E-state index is 12.9. The van der Waals surface area contributed by atoms with Crippen LogP contribution in [0.5, 0.6) is 0 Å². The highest BCUT2D eigenvalue weighted by molar-refractivity contribution is 5.95. The van der Waals surface area contributed by atoms with E-state index in [0.29, 0.717) is 12.0 Å². The van der Waals surface area contributed by atoms with E-state index in [2.05, 4.69) is 16.5 Å². The summed E-state index contributed by atoms with van der Waals surface area (Å²) in [7, 11) is 1.86. The number of aromatic nitrogens is 2. The number of hydrogen-bond donors (Lipinski definition) is 1. The number of hydrogen-bond acceptors (Lipinski definition) is 3. The van der Waals surface area contributed by atoms with E-state index in [0.717, 1.165) is 23.4 Å². The van der Waals surface area contributed by atoms with E-state index in [1.165, 1.54) is 0 Å². The average Bonchev–Trinajstić information content (AvgIpc) is 3.14. The van der Waals surface area contributed by atoms with Gasteiger partial charge >= 0.3 is 6.03 Å². The zero-order valence-corrected chi connectivity index (χ0v) is 14.2. The van der Waals surface area contributed by atoms with Crippen LogP contribution in [0.2, 0.25) is 0 Å². The second kappa shape index (κ2) is 6.36. The molecule has 3 rings (SSSR count). The predicted octanol–water partition coefficient (Wildman–Crippen LogP) is 2.90. The smallest absolute Gasteiger partial charge is 0.322 e. The van der Waals surface area contributed by atoms with Crippen molar-refractivity contribution in [3.63, 3.8) is 0 Å². The lowest BCUT2D eigenvalue weighted by atomic mass is 10.0. The fraction of sp³-hybridized carbons (Fsp3) is 0.389. The van der Waals surface area contributed by atoms with E-state index in [1.807, 2.05) is 45.3 Å². The Morgan fingerprint density at radius 3 is 2.92 bits per heavy atom. The topological polar surface area (TPSA) is 74.0 Å². The lowest BCUT2D eigenvalue weighted by Crippen LogP contribution is -2.44. The van der Waals surface area contributed by atoms with Gasteiger partial charge in [-0.25, -0.2) is 4.79 Å². The molecule has 1 aliphatic rings. The average molecular weight is 323 g/mol. The molecule has 6 heteroatoms. The fourth-order valence-electron chi connectivity index (χ4n) is 3.28. The molecule has 2 amide bonds. The summed E-state index contributed by atoms with van der Waals surface area (Å²) in [5, 5.41) is 16.7. The molecule has 0 radical (unpaired) electrons. The molecule has 24 heavy (non-hydrogen) atoms. The lowest BCUT2D eigenvalue weighted by Gasteiger charge is -2.25. The van der Waals surface area contributed by atoms with Gasteiger partial charge in [0.15, 0.2) is 0 Å². The molecule has 2 aromatic rings. The summed E-state index contributed by atoms with van der Waals surface area (Å²) in [5.74, 6) is 0. The van der Waals surface area contributed by atoms with Crippen molar-refractivity contribution in [3.8, 4) is 6.07 Å². The number of carbonyl (C=O) groups excluding carboxylic acids is 1. The Kier molecular flexibility index (Phi) is 4.26. The van der Waals surface area contributed by atoms with Crippen LogP contribution < -0.4 is 10.2 Å². The molecule has 124 valence electrons. The molecule has 0 aliphatic carbocycles.